The number of nitrogens with zero attached hydrogens (tertiary/aromatic N) is 1. The third-order valence-corrected chi connectivity index (χ3v) is 3.59. The highest BCUT2D eigenvalue weighted by atomic mass is 16.3. The van der Waals surface area contributed by atoms with Crippen molar-refractivity contribution < 1.29 is 14.7 Å². The maximum Gasteiger partial charge on any atom is 0.266 e. The van der Waals surface area contributed by atoms with Crippen molar-refractivity contribution in [3.8, 4) is 0 Å². The molecular weight excluding hydrogens is 266 g/mol. The first-order valence-electron chi connectivity index (χ1n) is 6.90. The van der Waals surface area contributed by atoms with Crippen molar-refractivity contribution in [2.24, 2.45) is 0 Å². The Balaban J connectivity index is 1.95. The van der Waals surface area contributed by atoms with Crippen LogP contribution < -0.4 is 4.90 Å². The van der Waals surface area contributed by atoms with Gasteiger partial charge >= 0.3 is 0 Å². The molecule has 1 aliphatic heterocycles. The van der Waals surface area contributed by atoms with Gasteiger partial charge in [-0.05, 0) is 42.7 Å². The Hall–Kier alpha value is -2.46. The summed E-state index contributed by atoms with van der Waals surface area (Å²) in [6.07, 6.45) is 1.37. The fraction of sp³-hybridized carbons (Fsp3) is 0.176. The third kappa shape index (κ3) is 2.34. The van der Waals surface area contributed by atoms with Gasteiger partial charge in [-0.25, -0.2) is 4.90 Å². The van der Waals surface area contributed by atoms with Crippen LogP contribution in [0.25, 0.3) is 0 Å². The summed E-state index contributed by atoms with van der Waals surface area (Å²) in [5.41, 5.74) is 2.47. The zero-order valence-electron chi connectivity index (χ0n) is 11.5. The quantitative estimate of drug-likeness (QED) is 0.876. The van der Waals surface area contributed by atoms with Crippen molar-refractivity contribution in [2.45, 2.75) is 12.8 Å². The minimum absolute atomic E-state index is 0.122. The molecule has 21 heavy (non-hydrogen) atoms. The number of aliphatic hydroxyl groups excluding tert-OH is 1. The molecule has 0 bridgehead atoms. The lowest BCUT2D eigenvalue weighted by Gasteiger charge is -2.15. The highest BCUT2D eigenvalue weighted by Crippen LogP contribution is 2.28. The summed E-state index contributed by atoms with van der Waals surface area (Å²) in [6.45, 7) is 0.122. The largest absolute Gasteiger partial charge is 0.396 e. The molecule has 2 aromatic carbocycles. The summed E-state index contributed by atoms with van der Waals surface area (Å²) in [6, 6.07) is 14.2. The van der Waals surface area contributed by atoms with Crippen LogP contribution in [0, 0.1) is 0 Å². The Morgan fingerprint density at radius 2 is 1.57 bits per heavy atom. The van der Waals surface area contributed by atoms with E-state index in [-0.39, 0.29) is 18.4 Å². The molecule has 0 radical (unpaired) electrons. The van der Waals surface area contributed by atoms with E-state index in [1.54, 1.807) is 30.3 Å². The Morgan fingerprint density at radius 1 is 0.905 bits per heavy atom. The highest BCUT2D eigenvalue weighted by molar-refractivity contribution is 6.34. The number of rotatable bonds is 4. The molecule has 1 N–H and O–H groups in total. The van der Waals surface area contributed by atoms with Gasteiger partial charge in [-0.1, -0.05) is 24.3 Å². The molecule has 4 nitrogen and oxygen atoms in total. The van der Waals surface area contributed by atoms with E-state index in [9.17, 15) is 9.59 Å². The molecule has 0 spiro atoms. The Bertz CT molecular complexity index is 674. The molecule has 3 rings (SSSR count). The van der Waals surface area contributed by atoms with Crippen molar-refractivity contribution in [3.05, 3.63) is 65.2 Å². The van der Waals surface area contributed by atoms with Crippen molar-refractivity contribution >= 4 is 17.5 Å². The van der Waals surface area contributed by atoms with Gasteiger partial charge in [0, 0.05) is 6.61 Å². The van der Waals surface area contributed by atoms with Gasteiger partial charge < -0.3 is 5.11 Å². The van der Waals surface area contributed by atoms with E-state index < -0.39 is 0 Å². The number of anilines is 1. The van der Waals surface area contributed by atoms with E-state index >= 15 is 0 Å². The molecule has 1 aliphatic rings. The maximum atomic E-state index is 12.4. The van der Waals surface area contributed by atoms with Gasteiger partial charge in [0.1, 0.15) is 0 Å². The van der Waals surface area contributed by atoms with Crippen molar-refractivity contribution in [2.75, 3.05) is 11.5 Å². The zero-order chi connectivity index (χ0) is 14.8. The molecule has 0 atom stereocenters. The molecule has 0 fully saturated rings. The van der Waals surface area contributed by atoms with Crippen LogP contribution in [0.5, 0.6) is 0 Å². The van der Waals surface area contributed by atoms with Gasteiger partial charge in [0.25, 0.3) is 11.8 Å². The standard InChI is InChI=1S/C17H15NO3/c19-10-4-6-12-5-3-7-13(11-12)18-16(20)14-8-1-2-9-15(14)17(18)21/h1-3,5,7-9,11,19H,4,6,10H2. The summed E-state index contributed by atoms with van der Waals surface area (Å²) in [7, 11) is 0. The molecule has 0 unspecified atom stereocenters. The van der Waals surface area contributed by atoms with Crippen molar-refractivity contribution in [3.63, 3.8) is 0 Å². The topological polar surface area (TPSA) is 57.6 Å². The number of aryl methyl sites for hydroxylation is 1. The smallest absolute Gasteiger partial charge is 0.266 e. The average molecular weight is 281 g/mol. The van der Waals surface area contributed by atoms with E-state index in [0.29, 0.717) is 29.7 Å². The average Bonchev–Trinajstić information content (AvgIpc) is 2.78. The van der Waals surface area contributed by atoms with E-state index in [2.05, 4.69) is 0 Å². The van der Waals surface area contributed by atoms with Gasteiger partial charge in [-0.15, -0.1) is 0 Å². The third-order valence-electron chi connectivity index (χ3n) is 3.59. The summed E-state index contributed by atoms with van der Waals surface area (Å²) < 4.78 is 0. The monoisotopic (exact) mass is 281 g/mol. The first-order valence-corrected chi connectivity index (χ1v) is 6.90. The first kappa shape index (κ1) is 13.5. The first-order chi connectivity index (χ1) is 10.2. The second-order valence-electron chi connectivity index (χ2n) is 4.99. The number of hydrogen-bond acceptors (Lipinski definition) is 3. The molecule has 106 valence electrons. The van der Waals surface area contributed by atoms with Crippen molar-refractivity contribution in [1.82, 2.24) is 0 Å². The van der Waals surface area contributed by atoms with E-state index in [1.165, 1.54) is 4.90 Å². The van der Waals surface area contributed by atoms with E-state index in [4.69, 9.17) is 5.11 Å². The lowest BCUT2D eigenvalue weighted by molar-refractivity contribution is 0.0926. The van der Waals surface area contributed by atoms with Crippen LogP contribution in [0.3, 0.4) is 0 Å². The Labute approximate surface area is 122 Å². The number of hydrogen-bond donors (Lipinski definition) is 1. The summed E-state index contributed by atoms with van der Waals surface area (Å²) in [5, 5.41) is 8.89. The lowest BCUT2D eigenvalue weighted by Crippen LogP contribution is -2.29. The Morgan fingerprint density at radius 3 is 2.19 bits per heavy atom. The fourth-order valence-electron chi connectivity index (χ4n) is 2.56. The maximum absolute atomic E-state index is 12.4. The number of aliphatic hydroxyl groups is 1. The molecule has 1 heterocycles. The second kappa shape index (κ2) is 5.50. The summed E-state index contributed by atoms with van der Waals surface area (Å²) >= 11 is 0. The van der Waals surface area contributed by atoms with Crippen LogP contribution >= 0.6 is 0 Å². The van der Waals surface area contributed by atoms with Crippen LogP contribution in [-0.4, -0.2) is 23.5 Å². The Kier molecular flexibility index (Phi) is 3.54. The number of fused-ring (bicyclic) bond motifs is 1. The molecule has 0 aliphatic carbocycles. The normalized spacial score (nSPS) is 13.7. The van der Waals surface area contributed by atoms with Crippen molar-refractivity contribution in [1.29, 1.82) is 0 Å². The van der Waals surface area contributed by atoms with E-state index in [0.717, 1.165) is 5.56 Å². The minimum atomic E-state index is -0.282. The van der Waals surface area contributed by atoms with Crippen LogP contribution in [0.1, 0.15) is 32.7 Å². The van der Waals surface area contributed by atoms with Gasteiger partial charge in [0.15, 0.2) is 0 Å². The predicted octanol–water partition coefficient (Wildman–Crippen LogP) is 2.41. The highest BCUT2D eigenvalue weighted by Gasteiger charge is 2.36. The SMILES string of the molecule is O=C1c2ccccc2C(=O)N1c1cccc(CCCO)c1. The molecule has 4 heteroatoms. The predicted molar refractivity (Wildman–Crippen MR) is 79.4 cm³/mol. The zero-order valence-corrected chi connectivity index (χ0v) is 11.5. The fourth-order valence-corrected chi connectivity index (χ4v) is 2.56. The van der Waals surface area contributed by atoms with Crippen LogP contribution in [0.2, 0.25) is 0 Å². The number of amides is 2. The molecule has 2 aromatic rings. The van der Waals surface area contributed by atoms with Gasteiger partial charge in [0.2, 0.25) is 0 Å². The number of carbonyl (C=O) groups excluding carboxylic acids is 2. The van der Waals surface area contributed by atoms with Gasteiger partial charge in [-0.2, -0.15) is 0 Å². The summed E-state index contributed by atoms with van der Waals surface area (Å²) in [5.74, 6) is -0.565. The van der Waals surface area contributed by atoms with Crippen LogP contribution in [-0.2, 0) is 6.42 Å². The van der Waals surface area contributed by atoms with Crippen LogP contribution in [0.4, 0.5) is 5.69 Å². The second-order valence-corrected chi connectivity index (χ2v) is 4.99. The van der Waals surface area contributed by atoms with E-state index in [1.807, 2.05) is 18.2 Å². The summed E-state index contributed by atoms with van der Waals surface area (Å²) in [4.78, 5) is 26.0. The molecule has 0 saturated heterocycles. The van der Waals surface area contributed by atoms with Gasteiger partial charge in [-0.3, -0.25) is 9.59 Å². The molecule has 0 aromatic heterocycles. The number of benzene rings is 2. The number of imide groups is 1. The molecule has 2 amide bonds. The molecule has 0 saturated carbocycles. The van der Waals surface area contributed by atoms with Gasteiger partial charge in [0.05, 0.1) is 16.8 Å². The lowest BCUT2D eigenvalue weighted by atomic mass is 10.1. The molecular formula is C17H15NO3. The van der Waals surface area contributed by atoms with Crippen LogP contribution in [0.15, 0.2) is 48.5 Å². The minimum Gasteiger partial charge on any atom is -0.396 e. The number of carbonyl (C=O) groups is 2.